The monoisotopic (exact) mass is 284 g/mol. The van der Waals surface area contributed by atoms with E-state index in [1.165, 1.54) is 36.8 Å². The van der Waals surface area contributed by atoms with Crippen LogP contribution in [-0.4, -0.2) is 23.9 Å². The minimum absolute atomic E-state index is 0.0813. The molecule has 1 aliphatic heterocycles. The number of aryl methyl sites for hydroxylation is 1. The van der Waals surface area contributed by atoms with Gasteiger partial charge in [0.05, 0.1) is 6.54 Å². The lowest BCUT2D eigenvalue weighted by atomic mass is 9.88. The molecule has 1 aromatic carbocycles. The molecule has 4 unspecified atom stereocenters. The van der Waals surface area contributed by atoms with Crippen LogP contribution in [0.15, 0.2) is 24.3 Å². The fourth-order valence-corrected chi connectivity index (χ4v) is 4.77. The van der Waals surface area contributed by atoms with Crippen molar-refractivity contribution in [3.63, 3.8) is 0 Å². The lowest BCUT2D eigenvalue weighted by Crippen LogP contribution is -2.36. The lowest BCUT2D eigenvalue weighted by molar-refractivity contribution is -0.128. The van der Waals surface area contributed by atoms with Crippen molar-refractivity contribution in [2.75, 3.05) is 13.1 Å². The van der Waals surface area contributed by atoms with Gasteiger partial charge in [-0.25, -0.2) is 0 Å². The van der Waals surface area contributed by atoms with Crippen molar-refractivity contribution in [3.8, 4) is 0 Å². The SMILES string of the molecule is Cc1ccccc1C1NCC(=O)N1CC1CC2CCC1C2. The van der Waals surface area contributed by atoms with Gasteiger partial charge in [-0.1, -0.05) is 30.7 Å². The third kappa shape index (κ3) is 2.28. The van der Waals surface area contributed by atoms with Crippen LogP contribution < -0.4 is 5.32 Å². The Kier molecular flexibility index (Phi) is 3.26. The van der Waals surface area contributed by atoms with Gasteiger partial charge in [-0.05, 0) is 55.1 Å². The van der Waals surface area contributed by atoms with Crippen LogP contribution >= 0.6 is 0 Å². The van der Waals surface area contributed by atoms with Gasteiger partial charge in [0.25, 0.3) is 0 Å². The van der Waals surface area contributed by atoms with Gasteiger partial charge in [-0.15, -0.1) is 0 Å². The topological polar surface area (TPSA) is 32.3 Å². The van der Waals surface area contributed by atoms with E-state index in [1.807, 2.05) is 0 Å². The summed E-state index contributed by atoms with van der Waals surface area (Å²) in [6.45, 7) is 3.57. The summed E-state index contributed by atoms with van der Waals surface area (Å²) in [6, 6.07) is 8.42. The van der Waals surface area contributed by atoms with Crippen LogP contribution in [0.3, 0.4) is 0 Å². The predicted octanol–water partition coefficient (Wildman–Crippen LogP) is 2.86. The first-order valence-corrected chi connectivity index (χ1v) is 8.31. The van der Waals surface area contributed by atoms with Crippen molar-refractivity contribution >= 4 is 5.91 Å². The standard InChI is InChI=1S/C18H24N2O/c1-12-4-2-3-5-16(12)18-19-10-17(21)20(18)11-15-9-13-6-7-14(15)8-13/h2-5,13-15,18-19H,6-11H2,1H3. The minimum Gasteiger partial charge on any atom is -0.322 e. The average molecular weight is 284 g/mol. The maximum absolute atomic E-state index is 12.3. The number of hydrogen-bond acceptors (Lipinski definition) is 2. The van der Waals surface area contributed by atoms with Gasteiger partial charge in [0.2, 0.25) is 5.91 Å². The van der Waals surface area contributed by atoms with E-state index < -0.39 is 0 Å². The molecule has 21 heavy (non-hydrogen) atoms. The summed E-state index contributed by atoms with van der Waals surface area (Å²) in [7, 11) is 0. The van der Waals surface area contributed by atoms with E-state index in [9.17, 15) is 4.79 Å². The van der Waals surface area contributed by atoms with Crippen molar-refractivity contribution in [2.45, 2.75) is 38.8 Å². The smallest absolute Gasteiger partial charge is 0.238 e. The highest BCUT2D eigenvalue weighted by Crippen LogP contribution is 2.49. The molecule has 3 heteroatoms. The Morgan fingerprint density at radius 1 is 1.24 bits per heavy atom. The number of benzene rings is 1. The van der Waals surface area contributed by atoms with Gasteiger partial charge >= 0.3 is 0 Å². The number of carbonyl (C=O) groups is 1. The molecule has 0 aromatic heterocycles. The van der Waals surface area contributed by atoms with Crippen molar-refractivity contribution in [1.82, 2.24) is 10.2 Å². The first-order chi connectivity index (χ1) is 10.2. The maximum atomic E-state index is 12.3. The Morgan fingerprint density at radius 2 is 2.10 bits per heavy atom. The molecule has 0 spiro atoms. The summed E-state index contributed by atoms with van der Waals surface area (Å²) in [6.07, 6.45) is 5.65. The molecule has 112 valence electrons. The molecule has 3 fully saturated rings. The molecule has 2 aliphatic carbocycles. The Morgan fingerprint density at radius 3 is 2.81 bits per heavy atom. The van der Waals surface area contributed by atoms with E-state index in [2.05, 4.69) is 41.4 Å². The first-order valence-electron chi connectivity index (χ1n) is 8.31. The highest BCUT2D eigenvalue weighted by molar-refractivity contribution is 5.81. The Labute approximate surface area is 126 Å². The third-order valence-electron chi connectivity index (χ3n) is 5.88. The van der Waals surface area contributed by atoms with Crippen LogP contribution in [0.1, 0.15) is 43.0 Å². The Bertz CT molecular complexity index is 556. The molecule has 2 bridgehead atoms. The number of amides is 1. The predicted molar refractivity (Wildman–Crippen MR) is 82.6 cm³/mol. The average Bonchev–Trinajstić information content (AvgIpc) is 3.17. The van der Waals surface area contributed by atoms with Gasteiger partial charge in [0, 0.05) is 6.54 Å². The van der Waals surface area contributed by atoms with E-state index in [1.54, 1.807) is 0 Å². The van der Waals surface area contributed by atoms with Crippen LogP contribution in [0.2, 0.25) is 0 Å². The molecule has 0 radical (unpaired) electrons. The van der Waals surface area contributed by atoms with Crippen LogP contribution in [0.4, 0.5) is 0 Å². The van der Waals surface area contributed by atoms with Crippen molar-refractivity contribution < 1.29 is 4.79 Å². The maximum Gasteiger partial charge on any atom is 0.238 e. The zero-order valence-corrected chi connectivity index (χ0v) is 12.7. The molecule has 1 aromatic rings. The van der Waals surface area contributed by atoms with E-state index in [0.29, 0.717) is 6.54 Å². The zero-order valence-electron chi connectivity index (χ0n) is 12.7. The number of hydrogen-bond donors (Lipinski definition) is 1. The largest absolute Gasteiger partial charge is 0.322 e. The van der Waals surface area contributed by atoms with Crippen molar-refractivity contribution in [3.05, 3.63) is 35.4 Å². The zero-order chi connectivity index (χ0) is 14.4. The third-order valence-corrected chi connectivity index (χ3v) is 5.88. The summed E-state index contributed by atoms with van der Waals surface area (Å²) in [4.78, 5) is 14.4. The van der Waals surface area contributed by atoms with Crippen molar-refractivity contribution in [1.29, 1.82) is 0 Å². The molecule has 1 N–H and O–H groups in total. The molecule has 2 saturated carbocycles. The van der Waals surface area contributed by atoms with Crippen LogP contribution in [0.5, 0.6) is 0 Å². The number of carbonyl (C=O) groups excluding carboxylic acids is 1. The summed E-state index contributed by atoms with van der Waals surface area (Å²) in [5, 5.41) is 3.41. The molecular weight excluding hydrogens is 260 g/mol. The fourth-order valence-electron chi connectivity index (χ4n) is 4.77. The lowest BCUT2D eigenvalue weighted by Gasteiger charge is -2.31. The molecule has 1 heterocycles. The molecule has 1 saturated heterocycles. The summed E-state index contributed by atoms with van der Waals surface area (Å²) >= 11 is 0. The molecule has 3 nitrogen and oxygen atoms in total. The highest BCUT2D eigenvalue weighted by atomic mass is 16.2. The minimum atomic E-state index is 0.0813. The Hall–Kier alpha value is -1.35. The van der Waals surface area contributed by atoms with E-state index in [4.69, 9.17) is 0 Å². The molecular formula is C18H24N2O. The molecule has 1 amide bonds. The van der Waals surface area contributed by atoms with Gasteiger partial charge in [0.1, 0.15) is 6.17 Å². The number of fused-ring (bicyclic) bond motifs is 2. The second-order valence-electron chi connectivity index (χ2n) is 7.12. The van der Waals surface area contributed by atoms with E-state index in [0.717, 1.165) is 24.3 Å². The summed E-state index contributed by atoms with van der Waals surface area (Å²) < 4.78 is 0. The van der Waals surface area contributed by atoms with E-state index >= 15 is 0 Å². The summed E-state index contributed by atoms with van der Waals surface area (Å²) in [5.41, 5.74) is 2.52. The number of nitrogens with zero attached hydrogens (tertiary/aromatic N) is 1. The van der Waals surface area contributed by atoms with Gasteiger partial charge < -0.3 is 4.90 Å². The van der Waals surface area contributed by atoms with Crippen LogP contribution in [0, 0.1) is 24.7 Å². The van der Waals surface area contributed by atoms with Gasteiger partial charge in [-0.2, -0.15) is 0 Å². The second kappa shape index (κ2) is 5.13. The molecule has 4 rings (SSSR count). The summed E-state index contributed by atoms with van der Waals surface area (Å²) in [5.74, 6) is 2.83. The molecule has 4 atom stereocenters. The fraction of sp³-hybridized carbons (Fsp3) is 0.611. The van der Waals surface area contributed by atoms with Gasteiger partial charge in [-0.3, -0.25) is 10.1 Å². The van der Waals surface area contributed by atoms with Crippen LogP contribution in [0.25, 0.3) is 0 Å². The quantitative estimate of drug-likeness (QED) is 0.925. The number of rotatable bonds is 3. The van der Waals surface area contributed by atoms with Crippen LogP contribution in [-0.2, 0) is 4.79 Å². The second-order valence-corrected chi connectivity index (χ2v) is 7.12. The van der Waals surface area contributed by atoms with E-state index in [-0.39, 0.29) is 12.1 Å². The number of nitrogens with one attached hydrogen (secondary N) is 1. The first kappa shape index (κ1) is 13.3. The van der Waals surface area contributed by atoms with Gasteiger partial charge in [0.15, 0.2) is 0 Å². The molecule has 3 aliphatic rings. The normalized spacial score (nSPS) is 34.9. The Balaban J connectivity index is 1.54. The van der Waals surface area contributed by atoms with Crippen molar-refractivity contribution in [2.24, 2.45) is 17.8 Å². The highest BCUT2D eigenvalue weighted by Gasteiger charge is 2.42.